The van der Waals surface area contributed by atoms with Gasteiger partial charge >= 0.3 is 0 Å². The van der Waals surface area contributed by atoms with Crippen LogP contribution in [-0.4, -0.2) is 62.2 Å². The number of hydrogen-bond donors (Lipinski definition) is 2. The number of thiocarbonyl (C=S) groups is 1. The van der Waals surface area contributed by atoms with Crippen molar-refractivity contribution in [2.24, 2.45) is 0 Å². The normalized spacial score (nSPS) is 13.1. The number of halogens is 1. The Labute approximate surface area is 220 Å². The number of carbonyl (C=O) groups is 2. The fraction of sp³-hybridized carbons (Fsp3) is 0.222. The minimum atomic E-state index is -0.504. The van der Waals surface area contributed by atoms with E-state index in [-0.39, 0.29) is 16.6 Å². The predicted octanol–water partition coefficient (Wildman–Crippen LogP) is 3.93. The Morgan fingerprint density at radius 1 is 0.892 bits per heavy atom. The summed E-state index contributed by atoms with van der Waals surface area (Å²) in [5.41, 5.74) is 2.13. The Hall–Kier alpha value is -4.18. The quantitative estimate of drug-likeness (QED) is 0.475. The van der Waals surface area contributed by atoms with Crippen molar-refractivity contribution in [2.75, 3.05) is 50.6 Å². The van der Waals surface area contributed by atoms with Gasteiger partial charge in [0.15, 0.2) is 5.11 Å². The molecule has 10 heteroatoms. The van der Waals surface area contributed by atoms with Gasteiger partial charge < -0.3 is 24.6 Å². The van der Waals surface area contributed by atoms with Crippen LogP contribution in [0.25, 0.3) is 0 Å². The van der Waals surface area contributed by atoms with Crippen LogP contribution in [0.5, 0.6) is 11.5 Å². The highest BCUT2D eigenvalue weighted by Crippen LogP contribution is 2.25. The molecule has 3 aromatic rings. The van der Waals surface area contributed by atoms with E-state index in [4.69, 9.17) is 21.7 Å². The van der Waals surface area contributed by atoms with Crippen molar-refractivity contribution in [3.63, 3.8) is 0 Å². The number of benzene rings is 3. The zero-order chi connectivity index (χ0) is 26.4. The largest absolute Gasteiger partial charge is 0.497 e. The van der Waals surface area contributed by atoms with Crippen LogP contribution in [0.2, 0.25) is 0 Å². The van der Waals surface area contributed by atoms with Gasteiger partial charge in [-0.25, -0.2) is 4.39 Å². The average Bonchev–Trinajstić information content (AvgIpc) is 2.93. The minimum Gasteiger partial charge on any atom is -0.497 e. The molecule has 2 amide bonds. The third kappa shape index (κ3) is 6.15. The zero-order valence-electron chi connectivity index (χ0n) is 20.5. The summed E-state index contributed by atoms with van der Waals surface area (Å²) in [5, 5.41) is 5.81. The summed E-state index contributed by atoms with van der Waals surface area (Å²) >= 11 is 5.30. The predicted molar refractivity (Wildman–Crippen MR) is 144 cm³/mol. The molecule has 0 aliphatic carbocycles. The van der Waals surface area contributed by atoms with Crippen molar-refractivity contribution in [1.29, 1.82) is 0 Å². The number of amides is 2. The molecule has 4 rings (SSSR count). The highest BCUT2D eigenvalue weighted by molar-refractivity contribution is 7.80. The fourth-order valence-corrected chi connectivity index (χ4v) is 4.26. The van der Waals surface area contributed by atoms with E-state index in [2.05, 4.69) is 15.5 Å². The third-order valence-corrected chi connectivity index (χ3v) is 6.25. The summed E-state index contributed by atoms with van der Waals surface area (Å²) in [6, 6.07) is 18.5. The Morgan fingerprint density at radius 2 is 1.59 bits per heavy atom. The molecule has 1 aliphatic rings. The van der Waals surface area contributed by atoms with Crippen LogP contribution in [-0.2, 0) is 0 Å². The van der Waals surface area contributed by atoms with E-state index in [9.17, 15) is 14.0 Å². The molecule has 0 bridgehead atoms. The number of nitrogens with one attached hydrogen (secondary N) is 2. The van der Waals surface area contributed by atoms with Gasteiger partial charge in [0.2, 0.25) is 0 Å². The lowest BCUT2D eigenvalue weighted by Gasteiger charge is -2.36. The molecule has 1 saturated heterocycles. The molecule has 1 fully saturated rings. The highest BCUT2D eigenvalue weighted by atomic mass is 32.1. The molecule has 8 nitrogen and oxygen atoms in total. The number of piperazine rings is 1. The van der Waals surface area contributed by atoms with Crippen LogP contribution in [0.3, 0.4) is 0 Å². The van der Waals surface area contributed by atoms with E-state index in [1.807, 2.05) is 24.3 Å². The van der Waals surface area contributed by atoms with Crippen molar-refractivity contribution >= 4 is 40.5 Å². The Balaban J connectivity index is 1.30. The molecule has 1 heterocycles. The van der Waals surface area contributed by atoms with Gasteiger partial charge in [-0.05, 0) is 60.7 Å². The van der Waals surface area contributed by atoms with Crippen LogP contribution >= 0.6 is 12.2 Å². The van der Waals surface area contributed by atoms with Crippen LogP contribution in [0.15, 0.2) is 66.7 Å². The molecule has 2 N–H and O–H groups in total. The summed E-state index contributed by atoms with van der Waals surface area (Å²) < 4.78 is 24.4. The first-order valence-corrected chi connectivity index (χ1v) is 12.0. The maximum Gasteiger partial charge on any atom is 0.261 e. The van der Waals surface area contributed by atoms with Crippen LogP contribution in [0.1, 0.15) is 20.7 Å². The molecule has 0 spiro atoms. The third-order valence-electron chi connectivity index (χ3n) is 6.04. The first-order valence-electron chi connectivity index (χ1n) is 11.6. The molecule has 0 unspecified atom stereocenters. The Bertz CT molecular complexity index is 1290. The first-order chi connectivity index (χ1) is 17.9. The van der Waals surface area contributed by atoms with Crippen LogP contribution in [0.4, 0.5) is 15.8 Å². The highest BCUT2D eigenvalue weighted by Gasteiger charge is 2.24. The molecular weight excluding hydrogens is 495 g/mol. The summed E-state index contributed by atoms with van der Waals surface area (Å²) in [6.07, 6.45) is 0. The van der Waals surface area contributed by atoms with E-state index in [1.54, 1.807) is 35.2 Å². The summed E-state index contributed by atoms with van der Waals surface area (Å²) in [5.74, 6) is -0.251. The van der Waals surface area contributed by atoms with Crippen LogP contribution in [0, 0.1) is 5.82 Å². The van der Waals surface area contributed by atoms with Gasteiger partial charge in [-0.15, -0.1) is 0 Å². The van der Waals surface area contributed by atoms with Crippen molar-refractivity contribution < 1.29 is 23.5 Å². The van der Waals surface area contributed by atoms with Crippen molar-refractivity contribution in [3.05, 3.63) is 83.7 Å². The Kier molecular flexibility index (Phi) is 8.19. The lowest BCUT2D eigenvalue weighted by molar-refractivity contribution is 0.0742. The smallest absolute Gasteiger partial charge is 0.261 e. The lowest BCUT2D eigenvalue weighted by Crippen LogP contribution is -2.49. The summed E-state index contributed by atoms with van der Waals surface area (Å²) in [4.78, 5) is 29.1. The van der Waals surface area contributed by atoms with E-state index in [0.717, 1.165) is 5.69 Å². The SMILES string of the molecule is COc1ccc(C(=O)NC(=S)Nc2ccc(N3CCN(C(=O)c4ccccc4F)CC3)cc2)c(OC)c1. The maximum absolute atomic E-state index is 14.0. The molecule has 0 radical (unpaired) electrons. The van der Waals surface area contributed by atoms with Gasteiger partial charge in [0, 0.05) is 43.6 Å². The Morgan fingerprint density at radius 3 is 2.24 bits per heavy atom. The summed E-state index contributed by atoms with van der Waals surface area (Å²) in [7, 11) is 3.01. The van der Waals surface area contributed by atoms with E-state index < -0.39 is 11.7 Å². The molecule has 0 atom stereocenters. The molecule has 1 aliphatic heterocycles. The van der Waals surface area contributed by atoms with Crippen molar-refractivity contribution in [2.45, 2.75) is 0 Å². The van der Waals surface area contributed by atoms with Gasteiger partial charge in [-0.1, -0.05) is 12.1 Å². The molecule has 37 heavy (non-hydrogen) atoms. The van der Waals surface area contributed by atoms with E-state index in [0.29, 0.717) is 48.9 Å². The number of ether oxygens (including phenoxy) is 2. The van der Waals surface area contributed by atoms with Gasteiger partial charge in [0.05, 0.1) is 25.3 Å². The van der Waals surface area contributed by atoms with Crippen LogP contribution < -0.4 is 25.0 Å². The topological polar surface area (TPSA) is 83.1 Å². The minimum absolute atomic E-state index is 0.0971. The molecule has 0 aromatic heterocycles. The average molecular weight is 523 g/mol. The van der Waals surface area contributed by atoms with Crippen molar-refractivity contribution in [1.82, 2.24) is 10.2 Å². The second-order valence-corrected chi connectivity index (χ2v) is 8.69. The molecular formula is C27H27FN4O4S. The number of rotatable bonds is 6. The standard InChI is InChI=1S/C27H27FN4O4S/c1-35-20-11-12-22(24(17-20)36-2)25(33)30-27(37)29-18-7-9-19(10-8-18)31-13-15-32(16-14-31)26(34)21-5-3-4-6-23(21)28/h3-12,17H,13-16H2,1-2H3,(H2,29,30,33,37). The molecule has 0 saturated carbocycles. The van der Waals surface area contributed by atoms with Gasteiger partial charge in [0.1, 0.15) is 17.3 Å². The van der Waals surface area contributed by atoms with E-state index >= 15 is 0 Å². The first kappa shape index (κ1) is 25.9. The lowest BCUT2D eigenvalue weighted by atomic mass is 10.1. The molecule has 3 aromatic carbocycles. The second-order valence-electron chi connectivity index (χ2n) is 8.28. The number of methoxy groups -OCH3 is 2. The van der Waals surface area contributed by atoms with Gasteiger partial charge in [0.25, 0.3) is 11.8 Å². The monoisotopic (exact) mass is 522 g/mol. The van der Waals surface area contributed by atoms with Gasteiger partial charge in [-0.2, -0.15) is 0 Å². The number of anilines is 2. The number of nitrogens with zero attached hydrogens (tertiary/aromatic N) is 2. The number of hydrogen-bond acceptors (Lipinski definition) is 6. The number of carbonyl (C=O) groups excluding carboxylic acids is 2. The van der Waals surface area contributed by atoms with E-state index in [1.165, 1.54) is 26.4 Å². The van der Waals surface area contributed by atoms with Gasteiger partial charge in [-0.3, -0.25) is 14.9 Å². The molecule has 192 valence electrons. The van der Waals surface area contributed by atoms with Crippen molar-refractivity contribution in [3.8, 4) is 11.5 Å². The second kappa shape index (κ2) is 11.7. The fourth-order valence-electron chi connectivity index (χ4n) is 4.05. The zero-order valence-corrected chi connectivity index (χ0v) is 21.3. The summed E-state index contributed by atoms with van der Waals surface area (Å²) in [6.45, 7) is 2.26. The maximum atomic E-state index is 14.0.